The molecule has 0 radical (unpaired) electrons. The van der Waals surface area contributed by atoms with Gasteiger partial charge in [-0.1, -0.05) is 12.1 Å². The molecule has 108 valence electrons. The number of hydrogen-bond acceptors (Lipinski definition) is 4. The second-order valence-electron chi connectivity index (χ2n) is 4.31. The average molecular weight is 295 g/mol. The van der Waals surface area contributed by atoms with Crippen LogP contribution in [-0.2, 0) is 20.6 Å². The SMILES string of the molecule is CNC(=O)CCN(C)S(=O)(=O)Cc1ccc(C#N)cc1. The lowest BCUT2D eigenvalue weighted by Gasteiger charge is -2.16. The number of benzene rings is 1. The van der Waals surface area contributed by atoms with Crippen molar-refractivity contribution in [3.05, 3.63) is 35.4 Å². The summed E-state index contributed by atoms with van der Waals surface area (Å²) in [5.41, 5.74) is 1.09. The quantitative estimate of drug-likeness (QED) is 0.825. The van der Waals surface area contributed by atoms with E-state index in [1.165, 1.54) is 18.4 Å². The Morgan fingerprint density at radius 1 is 1.35 bits per heavy atom. The Bertz CT molecular complexity index is 603. The summed E-state index contributed by atoms with van der Waals surface area (Å²) in [7, 11) is -0.513. The Kier molecular flexibility index (Phi) is 5.67. The van der Waals surface area contributed by atoms with E-state index in [-0.39, 0.29) is 24.6 Å². The Morgan fingerprint density at radius 2 is 1.95 bits per heavy atom. The van der Waals surface area contributed by atoms with Gasteiger partial charge in [0, 0.05) is 27.1 Å². The van der Waals surface area contributed by atoms with Crippen LogP contribution < -0.4 is 5.32 Å². The van der Waals surface area contributed by atoms with E-state index in [4.69, 9.17) is 5.26 Å². The average Bonchev–Trinajstić information content (AvgIpc) is 2.44. The largest absolute Gasteiger partial charge is 0.359 e. The summed E-state index contributed by atoms with van der Waals surface area (Å²) in [6, 6.07) is 8.36. The molecular formula is C13H17N3O3S. The number of carbonyl (C=O) groups excluding carboxylic acids is 1. The van der Waals surface area contributed by atoms with Crippen LogP contribution in [-0.4, -0.2) is 39.3 Å². The van der Waals surface area contributed by atoms with Gasteiger partial charge >= 0.3 is 0 Å². The first-order valence-corrected chi connectivity index (χ1v) is 7.63. The van der Waals surface area contributed by atoms with Crippen LogP contribution in [0.5, 0.6) is 0 Å². The van der Waals surface area contributed by atoms with Crippen LogP contribution in [0.1, 0.15) is 17.5 Å². The third-order valence-electron chi connectivity index (χ3n) is 2.84. The van der Waals surface area contributed by atoms with Gasteiger partial charge in [-0.3, -0.25) is 4.79 Å². The second kappa shape index (κ2) is 7.03. The molecule has 7 heteroatoms. The van der Waals surface area contributed by atoms with Gasteiger partial charge in [0.2, 0.25) is 15.9 Å². The van der Waals surface area contributed by atoms with Crippen LogP contribution in [0.15, 0.2) is 24.3 Å². The Labute approximate surface area is 119 Å². The number of amides is 1. The predicted octanol–water partition coefficient (Wildman–Crippen LogP) is 0.456. The highest BCUT2D eigenvalue weighted by atomic mass is 32.2. The molecule has 0 bridgehead atoms. The van der Waals surface area contributed by atoms with Crippen LogP contribution >= 0.6 is 0 Å². The molecule has 6 nitrogen and oxygen atoms in total. The fraction of sp³-hybridized carbons (Fsp3) is 0.385. The minimum absolute atomic E-state index is 0.125. The number of hydrogen-bond donors (Lipinski definition) is 1. The zero-order valence-corrected chi connectivity index (χ0v) is 12.3. The lowest BCUT2D eigenvalue weighted by molar-refractivity contribution is -0.120. The van der Waals surface area contributed by atoms with E-state index in [2.05, 4.69) is 5.32 Å². The molecule has 0 spiro atoms. The standard InChI is InChI=1S/C13H17N3O3S/c1-15-13(17)7-8-16(2)20(18,19)10-12-5-3-11(9-14)4-6-12/h3-6H,7-8,10H2,1-2H3,(H,15,17). The molecule has 1 rings (SSSR count). The van der Waals surface area contributed by atoms with Gasteiger partial charge in [0.05, 0.1) is 17.4 Å². The van der Waals surface area contributed by atoms with Gasteiger partial charge in [-0.2, -0.15) is 5.26 Å². The molecular weight excluding hydrogens is 278 g/mol. The van der Waals surface area contributed by atoms with Gasteiger partial charge < -0.3 is 5.32 Å². The fourth-order valence-electron chi connectivity index (χ4n) is 1.52. The first kappa shape index (κ1) is 16.1. The number of carbonyl (C=O) groups is 1. The van der Waals surface area contributed by atoms with Crippen LogP contribution in [0, 0.1) is 11.3 Å². The Morgan fingerprint density at radius 3 is 2.45 bits per heavy atom. The third kappa shape index (κ3) is 4.64. The number of rotatable bonds is 6. The molecule has 0 saturated carbocycles. The van der Waals surface area contributed by atoms with Gasteiger partial charge in [-0.15, -0.1) is 0 Å². The van der Waals surface area contributed by atoms with Gasteiger partial charge in [-0.05, 0) is 17.7 Å². The zero-order valence-electron chi connectivity index (χ0n) is 11.5. The number of nitriles is 1. The van der Waals surface area contributed by atoms with E-state index in [1.54, 1.807) is 24.3 Å². The highest BCUT2D eigenvalue weighted by Crippen LogP contribution is 2.11. The molecule has 1 aromatic rings. The summed E-state index contributed by atoms with van der Waals surface area (Å²) in [5.74, 6) is -0.353. The topological polar surface area (TPSA) is 90.3 Å². The summed E-state index contributed by atoms with van der Waals surface area (Å²) < 4.78 is 25.3. The van der Waals surface area contributed by atoms with Crippen molar-refractivity contribution in [3.63, 3.8) is 0 Å². The van der Waals surface area contributed by atoms with Crippen molar-refractivity contribution in [2.45, 2.75) is 12.2 Å². The summed E-state index contributed by atoms with van der Waals surface area (Å²) in [6.45, 7) is 0.137. The van der Waals surface area contributed by atoms with Crippen molar-refractivity contribution in [3.8, 4) is 6.07 Å². The highest BCUT2D eigenvalue weighted by molar-refractivity contribution is 7.88. The monoisotopic (exact) mass is 295 g/mol. The van der Waals surface area contributed by atoms with Crippen molar-refractivity contribution in [1.82, 2.24) is 9.62 Å². The minimum Gasteiger partial charge on any atom is -0.359 e. The van der Waals surface area contributed by atoms with E-state index < -0.39 is 10.0 Å². The summed E-state index contributed by atoms with van der Waals surface area (Å²) >= 11 is 0. The molecule has 0 fully saturated rings. The van der Waals surface area contributed by atoms with Crippen molar-refractivity contribution in [1.29, 1.82) is 5.26 Å². The van der Waals surface area contributed by atoms with Crippen LogP contribution in [0.3, 0.4) is 0 Å². The summed E-state index contributed by atoms with van der Waals surface area (Å²) in [6.07, 6.45) is 0.125. The molecule has 0 aliphatic heterocycles. The molecule has 0 saturated heterocycles. The van der Waals surface area contributed by atoms with Crippen molar-refractivity contribution < 1.29 is 13.2 Å². The molecule has 0 aliphatic carbocycles. The molecule has 0 heterocycles. The molecule has 0 aromatic heterocycles. The fourth-order valence-corrected chi connectivity index (χ4v) is 2.72. The lowest BCUT2D eigenvalue weighted by atomic mass is 10.2. The molecule has 0 atom stereocenters. The van der Waals surface area contributed by atoms with Gasteiger partial charge in [0.25, 0.3) is 0 Å². The van der Waals surface area contributed by atoms with Gasteiger partial charge in [-0.25, -0.2) is 12.7 Å². The van der Waals surface area contributed by atoms with E-state index >= 15 is 0 Å². The van der Waals surface area contributed by atoms with Crippen molar-refractivity contribution >= 4 is 15.9 Å². The maximum Gasteiger partial charge on any atom is 0.221 e. The second-order valence-corrected chi connectivity index (χ2v) is 6.39. The van der Waals surface area contributed by atoms with E-state index in [9.17, 15) is 13.2 Å². The molecule has 0 unspecified atom stereocenters. The first-order valence-electron chi connectivity index (χ1n) is 6.02. The maximum atomic E-state index is 12.1. The number of nitrogens with one attached hydrogen (secondary N) is 1. The zero-order chi connectivity index (χ0) is 15.2. The predicted molar refractivity (Wildman–Crippen MR) is 75.1 cm³/mol. The van der Waals surface area contributed by atoms with Gasteiger partial charge in [0.1, 0.15) is 0 Å². The lowest BCUT2D eigenvalue weighted by Crippen LogP contribution is -2.32. The van der Waals surface area contributed by atoms with E-state index in [1.807, 2.05) is 6.07 Å². The molecule has 20 heavy (non-hydrogen) atoms. The van der Waals surface area contributed by atoms with E-state index in [0.29, 0.717) is 11.1 Å². The summed E-state index contributed by atoms with van der Waals surface area (Å²) in [5, 5.41) is 11.1. The molecule has 0 aliphatic rings. The third-order valence-corrected chi connectivity index (χ3v) is 4.67. The Hall–Kier alpha value is -1.91. The van der Waals surface area contributed by atoms with Gasteiger partial charge in [0.15, 0.2) is 0 Å². The van der Waals surface area contributed by atoms with Crippen molar-refractivity contribution in [2.75, 3.05) is 20.6 Å². The number of sulfonamides is 1. The first-order chi connectivity index (χ1) is 9.39. The van der Waals surface area contributed by atoms with Crippen LogP contribution in [0.2, 0.25) is 0 Å². The highest BCUT2D eigenvalue weighted by Gasteiger charge is 2.19. The number of nitrogens with zero attached hydrogens (tertiary/aromatic N) is 2. The Balaban J connectivity index is 2.68. The molecule has 1 N–H and O–H groups in total. The van der Waals surface area contributed by atoms with Crippen molar-refractivity contribution in [2.24, 2.45) is 0 Å². The summed E-state index contributed by atoms with van der Waals surface area (Å²) in [4.78, 5) is 11.1. The van der Waals surface area contributed by atoms with E-state index in [0.717, 1.165) is 0 Å². The van der Waals surface area contributed by atoms with Crippen LogP contribution in [0.4, 0.5) is 0 Å². The molecule has 1 amide bonds. The smallest absolute Gasteiger partial charge is 0.221 e. The minimum atomic E-state index is -3.47. The maximum absolute atomic E-state index is 12.1. The normalized spacial score (nSPS) is 11.1. The van der Waals surface area contributed by atoms with Crippen LogP contribution in [0.25, 0.3) is 0 Å². The molecule has 1 aromatic carbocycles.